The average molecular weight is 446 g/mol. The Bertz CT molecular complexity index is 1070. The first-order valence-electron chi connectivity index (χ1n) is 9.66. The maximum Gasteiger partial charge on any atom is 0.240 e. The number of aromatic nitrogens is 3. The Morgan fingerprint density at radius 2 is 2.03 bits per heavy atom. The van der Waals surface area contributed by atoms with E-state index in [-0.39, 0.29) is 11.7 Å². The van der Waals surface area contributed by atoms with Gasteiger partial charge in [-0.15, -0.1) is 10.2 Å². The number of benzene rings is 2. The number of halogens is 2. The first-order chi connectivity index (χ1) is 14.5. The smallest absolute Gasteiger partial charge is 0.240 e. The van der Waals surface area contributed by atoms with Gasteiger partial charge in [0.1, 0.15) is 11.1 Å². The number of thioether (sulfide) groups is 1. The predicted octanol–water partition coefficient (Wildman–Crippen LogP) is 4.73. The molecule has 0 saturated carbocycles. The summed E-state index contributed by atoms with van der Waals surface area (Å²) in [5, 5.41) is 12.1. The van der Waals surface area contributed by atoms with Gasteiger partial charge in [0.05, 0.1) is 6.04 Å². The number of carbonyl (C=O) groups excluding carboxylic acids is 1. The molecule has 0 bridgehead atoms. The number of carbonyl (C=O) groups is 1. The molecule has 9 heteroatoms. The minimum atomic E-state index is -0.540. The third-order valence-electron chi connectivity index (χ3n) is 4.90. The number of hydrogen-bond donors (Lipinski definition) is 2. The molecule has 3 aromatic rings. The van der Waals surface area contributed by atoms with Crippen LogP contribution in [-0.4, -0.2) is 26.0 Å². The molecular weight excluding hydrogens is 425 g/mol. The van der Waals surface area contributed by atoms with Gasteiger partial charge >= 0.3 is 0 Å². The number of amides is 1. The third-order valence-corrected chi connectivity index (χ3v) is 6.53. The summed E-state index contributed by atoms with van der Waals surface area (Å²) in [6.45, 7) is 3.97. The van der Waals surface area contributed by atoms with Crippen molar-refractivity contribution in [3.8, 4) is 0 Å². The Hall–Kier alpha value is -2.58. The first-order valence-corrected chi connectivity index (χ1v) is 10.9. The van der Waals surface area contributed by atoms with Crippen LogP contribution in [0.15, 0.2) is 47.6 Å². The van der Waals surface area contributed by atoms with E-state index in [4.69, 9.17) is 11.6 Å². The number of anilines is 1. The zero-order valence-corrected chi connectivity index (χ0v) is 18.1. The van der Waals surface area contributed by atoms with E-state index in [1.807, 2.05) is 23.7 Å². The SMILES string of the molecule is CCCc1nnc2n1N[C@H](c1ccc(F)cc1)[C@@H](C(=O)Nc1ccc(C)c(Cl)c1)S2. The van der Waals surface area contributed by atoms with Crippen LogP contribution in [0.2, 0.25) is 5.02 Å². The van der Waals surface area contributed by atoms with E-state index in [1.54, 1.807) is 18.2 Å². The fourth-order valence-corrected chi connectivity index (χ4v) is 4.57. The van der Waals surface area contributed by atoms with Gasteiger partial charge in [-0.1, -0.05) is 48.5 Å². The summed E-state index contributed by atoms with van der Waals surface area (Å²) < 4.78 is 15.3. The van der Waals surface area contributed by atoms with Crippen LogP contribution in [0.5, 0.6) is 0 Å². The summed E-state index contributed by atoms with van der Waals surface area (Å²) in [5.41, 5.74) is 5.72. The molecule has 2 atom stereocenters. The van der Waals surface area contributed by atoms with E-state index in [1.165, 1.54) is 23.9 Å². The second kappa shape index (κ2) is 8.65. The maximum atomic E-state index is 13.5. The molecule has 0 radical (unpaired) electrons. The number of aryl methyl sites for hydroxylation is 2. The largest absolute Gasteiger partial charge is 0.325 e. The van der Waals surface area contributed by atoms with Crippen molar-refractivity contribution in [2.24, 2.45) is 0 Å². The van der Waals surface area contributed by atoms with Crippen molar-refractivity contribution in [1.29, 1.82) is 0 Å². The molecule has 0 aliphatic carbocycles. The standard InChI is InChI=1S/C21H21ClFN5OS/c1-3-4-17-25-26-21-28(17)27-18(13-6-8-14(23)9-7-13)19(30-21)20(29)24-15-10-5-12(2)16(22)11-15/h5-11,18-19,27H,3-4H2,1-2H3,(H,24,29)/t18-,19+/m1/s1. The summed E-state index contributed by atoms with van der Waals surface area (Å²) in [7, 11) is 0. The van der Waals surface area contributed by atoms with Crippen LogP contribution < -0.4 is 10.7 Å². The third kappa shape index (κ3) is 4.15. The molecule has 156 valence electrons. The first kappa shape index (κ1) is 20.7. The highest BCUT2D eigenvalue weighted by Crippen LogP contribution is 2.38. The van der Waals surface area contributed by atoms with Gasteiger partial charge in [-0.3, -0.25) is 4.79 Å². The van der Waals surface area contributed by atoms with Crippen LogP contribution in [0.3, 0.4) is 0 Å². The molecule has 2 heterocycles. The molecule has 2 aromatic carbocycles. The molecule has 30 heavy (non-hydrogen) atoms. The van der Waals surface area contributed by atoms with Gasteiger partial charge in [0, 0.05) is 17.1 Å². The van der Waals surface area contributed by atoms with E-state index in [2.05, 4.69) is 27.9 Å². The van der Waals surface area contributed by atoms with Crippen LogP contribution in [0.1, 0.15) is 36.3 Å². The Labute approximate surface area is 183 Å². The zero-order chi connectivity index (χ0) is 21.3. The number of nitrogens with one attached hydrogen (secondary N) is 2. The van der Waals surface area contributed by atoms with Gasteiger partial charge in [-0.05, 0) is 48.7 Å². The van der Waals surface area contributed by atoms with E-state index in [0.29, 0.717) is 15.9 Å². The summed E-state index contributed by atoms with van der Waals surface area (Å²) in [5.74, 6) is 0.276. The van der Waals surface area contributed by atoms with Gasteiger partial charge in [0.25, 0.3) is 0 Å². The molecule has 1 aliphatic heterocycles. The van der Waals surface area contributed by atoms with Gasteiger partial charge in [-0.25, -0.2) is 9.07 Å². The van der Waals surface area contributed by atoms with Crippen LogP contribution in [-0.2, 0) is 11.2 Å². The molecule has 1 aliphatic rings. The Balaban J connectivity index is 1.66. The normalized spacial score (nSPS) is 17.9. The molecule has 0 saturated heterocycles. The topological polar surface area (TPSA) is 71.8 Å². The minimum Gasteiger partial charge on any atom is -0.325 e. The number of hydrogen-bond acceptors (Lipinski definition) is 5. The second-order valence-corrected chi connectivity index (χ2v) is 8.65. The van der Waals surface area contributed by atoms with Crippen molar-refractivity contribution >= 4 is 35.0 Å². The van der Waals surface area contributed by atoms with Gasteiger partial charge in [0.15, 0.2) is 5.82 Å². The van der Waals surface area contributed by atoms with Crippen molar-refractivity contribution in [2.45, 2.75) is 43.1 Å². The molecule has 0 unspecified atom stereocenters. The fourth-order valence-electron chi connectivity index (χ4n) is 3.29. The fraction of sp³-hybridized carbons (Fsp3) is 0.286. The molecule has 0 fully saturated rings. The molecule has 0 spiro atoms. The van der Waals surface area contributed by atoms with Gasteiger partial charge in [-0.2, -0.15) is 0 Å². The van der Waals surface area contributed by atoms with Crippen molar-refractivity contribution in [1.82, 2.24) is 14.9 Å². The summed E-state index contributed by atoms with van der Waals surface area (Å²) in [6, 6.07) is 11.2. The lowest BCUT2D eigenvalue weighted by Crippen LogP contribution is -2.41. The molecule has 6 nitrogen and oxygen atoms in total. The zero-order valence-electron chi connectivity index (χ0n) is 16.5. The van der Waals surface area contributed by atoms with E-state index < -0.39 is 11.3 Å². The Morgan fingerprint density at radius 1 is 1.27 bits per heavy atom. The Morgan fingerprint density at radius 3 is 2.73 bits per heavy atom. The molecular formula is C21H21ClFN5OS. The van der Waals surface area contributed by atoms with Gasteiger partial charge < -0.3 is 10.7 Å². The van der Waals surface area contributed by atoms with Crippen molar-refractivity contribution < 1.29 is 9.18 Å². The highest BCUT2D eigenvalue weighted by molar-refractivity contribution is 8.00. The number of fused-ring (bicyclic) bond motifs is 1. The van der Waals surface area contributed by atoms with E-state index in [9.17, 15) is 9.18 Å². The lowest BCUT2D eigenvalue weighted by Gasteiger charge is -2.33. The molecule has 2 N–H and O–H groups in total. The molecule has 4 rings (SSSR count). The predicted molar refractivity (Wildman–Crippen MR) is 117 cm³/mol. The maximum absolute atomic E-state index is 13.5. The van der Waals surface area contributed by atoms with Crippen LogP contribution in [0, 0.1) is 12.7 Å². The van der Waals surface area contributed by atoms with Crippen molar-refractivity contribution in [3.63, 3.8) is 0 Å². The monoisotopic (exact) mass is 445 g/mol. The highest BCUT2D eigenvalue weighted by atomic mass is 35.5. The second-order valence-electron chi connectivity index (χ2n) is 7.13. The number of nitrogens with zero attached hydrogens (tertiary/aromatic N) is 3. The number of rotatable bonds is 5. The highest BCUT2D eigenvalue weighted by Gasteiger charge is 2.37. The van der Waals surface area contributed by atoms with Crippen LogP contribution in [0.4, 0.5) is 10.1 Å². The Kier molecular flexibility index (Phi) is 5.97. The summed E-state index contributed by atoms with van der Waals surface area (Å²) in [6.07, 6.45) is 1.68. The van der Waals surface area contributed by atoms with Crippen molar-refractivity contribution in [3.05, 3.63) is 70.3 Å². The van der Waals surface area contributed by atoms with Crippen molar-refractivity contribution in [2.75, 3.05) is 10.7 Å². The van der Waals surface area contributed by atoms with E-state index >= 15 is 0 Å². The summed E-state index contributed by atoms with van der Waals surface area (Å²) in [4.78, 5) is 13.2. The molecule has 1 amide bonds. The van der Waals surface area contributed by atoms with E-state index in [0.717, 1.165) is 29.8 Å². The van der Waals surface area contributed by atoms with Gasteiger partial charge in [0.2, 0.25) is 11.1 Å². The van der Waals surface area contributed by atoms with Crippen LogP contribution >= 0.6 is 23.4 Å². The average Bonchev–Trinajstić information content (AvgIpc) is 3.12. The summed E-state index contributed by atoms with van der Waals surface area (Å²) >= 11 is 7.53. The quantitative estimate of drug-likeness (QED) is 0.594. The lowest BCUT2D eigenvalue weighted by atomic mass is 10.0. The molecule has 1 aromatic heterocycles. The van der Waals surface area contributed by atoms with Crippen LogP contribution in [0.25, 0.3) is 0 Å². The minimum absolute atomic E-state index is 0.201. The lowest BCUT2D eigenvalue weighted by molar-refractivity contribution is -0.116.